The SMILES string of the molecule is COc1ccc(-c2nsc(NC(=O)c3ccccc3SC)n2)cc1. The Hall–Kier alpha value is -2.38. The molecular weight excluding hydrogens is 342 g/mol. The predicted molar refractivity (Wildman–Crippen MR) is 98.1 cm³/mol. The molecule has 0 unspecified atom stereocenters. The summed E-state index contributed by atoms with van der Waals surface area (Å²) in [5.74, 6) is 1.17. The quantitative estimate of drug-likeness (QED) is 0.694. The summed E-state index contributed by atoms with van der Waals surface area (Å²) in [6.45, 7) is 0. The Balaban J connectivity index is 1.77. The van der Waals surface area contributed by atoms with E-state index in [1.165, 1.54) is 11.8 Å². The number of thioether (sulfide) groups is 1. The standard InChI is InChI=1S/C17H15N3O2S2/c1-22-12-9-7-11(8-10-12)15-18-17(24-20-15)19-16(21)13-5-3-4-6-14(13)23-2/h3-10H,1-2H3,(H,18,19,20,21). The molecule has 0 saturated carbocycles. The Morgan fingerprint density at radius 1 is 1.17 bits per heavy atom. The summed E-state index contributed by atoms with van der Waals surface area (Å²) in [5, 5.41) is 3.29. The molecule has 122 valence electrons. The first-order chi connectivity index (χ1) is 11.7. The van der Waals surface area contributed by atoms with Gasteiger partial charge in [-0.2, -0.15) is 9.36 Å². The number of hydrogen-bond donors (Lipinski definition) is 1. The van der Waals surface area contributed by atoms with E-state index in [4.69, 9.17) is 4.74 Å². The highest BCUT2D eigenvalue weighted by atomic mass is 32.2. The van der Waals surface area contributed by atoms with Gasteiger partial charge < -0.3 is 4.74 Å². The average molecular weight is 357 g/mol. The van der Waals surface area contributed by atoms with Crippen LogP contribution in [0.3, 0.4) is 0 Å². The van der Waals surface area contributed by atoms with Gasteiger partial charge in [-0.3, -0.25) is 10.1 Å². The Bertz CT molecular complexity index is 847. The normalized spacial score (nSPS) is 10.4. The van der Waals surface area contributed by atoms with Gasteiger partial charge in [0.05, 0.1) is 12.7 Å². The lowest BCUT2D eigenvalue weighted by Crippen LogP contribution is -2.12. The number of anilines is 1. The largest absolute Gasteiger partial charge is 0.497 e. The van der Waals surface area contributed by atoms with E-state index in [1.54, 1.807) is 13.2 Å². The number of carbonyl (C=O) groups is 1. The topological polar surface area (TPSA) is 64.1 Å². The van der Waals surface area contributed by atoms with Crippen molar-refractivity contribution < 1.29 is 9.53 Å². The predicted octanol–water partition coefficient (Wildman–Crippen LogP) is 4.19. The van der Waals surface area contributed by atoms with Gasteiger partial charge in [-0.1, -0.05) is 12.1 Å². The fraction of sp³-hybridized carbons (Fsp3) is 0.118. The minimum Gasteiger partial charge on any atom is -0.497 e. The zero-order valence-electron chi connectivity index (χ0n) is 13.1. The molecule has 1 N–H and O–H groups in total. The summed E-state index contributed by atoms with van der Waals surface area (Å²) in [6.07, 6.45) is 1.94. The van der Waals surface area contributed by atoms with Crippen LogP contribution in [0.25, 0.3) is 11.4 Å². The molecule has 1 heterocycles. The third-order valence-corrected chi connectivity index (χ3v) is 4.77. The number of aromatic nitrogens is 2. The van der Waals surface area contributed by atoms with Gasteiger partial charge in [0, 0.05) is 22.0 Å². The van der Waals surface area contributed by atoms with Crippen molar-refractivity contribution in [1.29, 1.82) is 0 Å². The molecule has 5 nitrogen and oxygen atoms in total. The van der Waals surface area contributed by atoms with Crippen LogP contribution in [-0.2, 0) is 0 Å². The van der Waals surface area contributed by atoms with Gasteiger partial charge >= 0.3 is 0 Å². The van der Waals surface area contributed by atoms with Crippen LogP contribution in [0.2, 0.25) is 0 Å². The van der Waals surface area contributed by atoms with E-state index in [0.717, 1.165) is 27.7 Å². The van der Waals surface area contributed by atoms with E-state index in [9.17, 15) is 4.79 Å². The molecule has 0 aliphatic heterocycles. The van der Waals surface area contributed by atoms with E-state index in [2.05, 4.69) is 14.7 Å². The summed E-state index contributed by atoms with van der Waals surface area (Å²) in [4.78, 5) is 17.7. The first kappa shape index (κ1) is 16.5. The zero-order chi connectivity index (χ0) is 16.9. The lowest BCUT2D eigenvalue weighted by Gasteiger charge is -2.05. The summed E-state index contributed by atoms with van der Waals surface area (Å²) in [6, 6.07) is 14.9. The highest BCUT2D eigenvalue weighted by Gasteiger charge is 2.14. The fourth-order valence-corrected chi connectivity index (χ4v) is 3.31. The second kappa shape index (κ2) is 7.46. The Labute approximate surface area is 148 Å². The van der Waals surface area contributed by atoms with Crippen molar-refractivity contribution in [3.8, 4) is 17.1 Å². The minimum atomic E-state index is -0.183. The van der Waals surface area contributed by atoms with Crippen LogP contribution < -0.4 is 10.1 Å². The van der Waals surface area contributed by atoms with Gasteiger partial charge in [0.2, 0.25) is 5.13 Å². The van der Waals surface area contributed by atoms with Crippen LogP contribution in [0.1, 0.15) is 10.4 Å². The first-order valence-corrected chi connectivity index (χ1v) is 9.13. The molecule has 0 aliphatic rings. The molecule has 3 aromatic rings. The maximum Gasteiger partial charge on any atom is 0.258 e. The van der Waals surface area contributed by atoms with E-state index >= 15 is 0 Å². The van der Waals surface area contributed by atoms with E-state index in [-0.39, 0.29) is 5.91 Å². The van der Waals surface area contributed by atoms with Crippen molar-refractivity contribution in [3.05, 3.63) is 54.1 Å². The number of hydrogen-bond acceptors (Lipinski definition) is 6. The number of nitrogens with one attached hydrogen (secondary N) is 1. The maximum absolute atomic E-state index is 12.4. The highest BCUT2D eigenvalue weighted by molar-refractivity contribution is 7.98. The molecule has 0 saturated heterocycles. The molecule has 0 spiro atoms. The Morgan fingerprint density at radius 2 is 1.92 bits per heavy atom. The monoisotopic (exact) mass is 357 g/mol. The molecule has 7 heteroatoms. The van der Waals surface area contributed by atoms with Gasteiger partial charge in [-0.05, 0) is 42.7 Å². The van der Waals surface area contributed by atoms with Crippen LogP contribution in [0.4, 0.5) is 5.13 Å². The lowest BCUT2D eigenvalue weighted by molar-refractivity contribution is 0.102. The van der Waals surface area contributed by atoms with Gasteiger partial charge in [-0.15, -0.1) is 11.8 Å². The average Bonchev–Trinajstić information content (AvgIpc) is 3.10. The smallest absolute Gasteiger partial charge is 0.258 e. The van der Waals surface area contributed by atoms with Gasteiger partial charge in [0.25, 0.3) is 5.91 Å². The van der Waals surface area contributed by atoms with Crippen molar-refractivity contribution in [2.45, 2.75) is 4.90 Å². The van der Waals surface area contributed by atoms with Crippen molar-refractivity contribution in [3.63, 3.8) is 0 Å². The number of ether oxygens (including phenoxy) is 1. The Morgan fingerprint density at radius 3 is 2.62 bits per heavy atom. The molecular formula is C17H15N3O2S2. The van der Waals surface area contributed by atoms with Gasteiger partial charge in [-0.25, -0.2) is 0 Å². The molecule has 24 heavy (non-hydrogen) atoms. The number of methoxy groups -OCH3 is 1. The molecule has 3 rings (SSSR count). The molecule has 0 atom stereocenters. The molecule has 0 aliphatic carbocycles. The van der Waals surface area contributed by atoms with Gasteiger partial charge in [0.1, 0.15) is 5.75 Å². The number of amides is 1. The highest BCUT2D eigenvalue weighted by Crippen LogP contribution is 2.25. The van der Waals surface area contributed by atoms with Crippen molar-refractivity contribution in [2.75, 3.05) is 18.7 Å². The van der Waals surface area contributed by atoms with Crippen LogP contribution in [0.15, 0.2) is 53.4 Å². The third-order valence-electron chi connectivity index (χ3n) is 3.35. The second-order valence-electron chi connectivity index (χ2n) is 4.81. The summed E-state index contributed by atoms with van der Waals surface area (Å²) >= 11 is 2.69. The number of nitrogens with zero attached hydrogens (tertiary/aromatic N) is 2. The van der Waals surface area contributed by atoms with E-state index in [0.29, 0.717) is 16.5 Å². The maximum atomic E-state index is 12.4. The fourth-order valence-electron chi connectivity index (χ4n) is 2.13. The van der Waals surface area contributed by atoms with E-state index in [1.807, 2.05) is 48.7 Å². The molecule has 1 amide bonds. The van der Waals surface area contributed by atoms with Crippen LogP contribution in [0.5, 0.6) is 5.75 Å². The molecule has 0 fully saturated rings. The van der Waals surface area contributed by atoms with Crippen molar-refractivity contribution >= 4 is 34.3 Å². The Kier molecular flexibility index (Phi) is 5.12. The van der Waals surface area contributed by atoms with Crippen LogP contribution in [-0.4, -0.2) is 28.6 Å². The summed E-state index contributed by atoms with van der Waals surface area (Å²) in [7, 11) is 1.62. The van der Waals surface area contributed by atoms with Crippen molar-refractivity contribution in [1.82, 2.24) is 9.36 Å². The number of benzene rings is 2. The first-order valence-electron chi connectivity index (χ1n) is 7.14. The third kappa shape index (κ3) is 3.58. The number of rotatable bonds is 5. The lowest BCUT2D eigenvalue weighted by atomic mass is 10.2. The second-order valence-corrected chi connectivity index (χ2v) is 6.41. The summed E-state index contributed by atoms with van der Waals surface area (Å²) in [5.41, 5.74) is 1.50. The van der Waals surface area contributed by atoms with E-state index < -0.39 is 0 Å². The van der Waals surface area contributed by atoms with Gasteiger partial charge in [0.15, 0.2) is 5.82 Å². The molecule has 1 aromatic heterocycles. The zero-order valence-corrected chi connectivity index (χ0v) is 14.8. The summed E-state index contributed by atoms with van der Waals surface area (Å²) < 4.78 is 9.44. The minimum absolute atomic E-state index is 0.183. The van der Waals surface area contributed by atoms with Crippen molar-refractivity contribution in [2.24, 2.45) is 0 Å². The van der Waals surface area contributed by atoms with Crippen LogP contribution in [0, 0.1) is 0 Å². The van der Waals surface area contributed by atoms with Crippen LogP contribution >= 0.6 is 23.3 Å². The number of carbonyl (C=O) groups excluding carboxylic acids is 1. The molecule has 0 bridgehead atoms. The molecule has 0 radical (unpaired) electrons. The molecule has 2 aromatic carbocycles.